The van der Waals surface area contributed by atoms with E-state index in [1.54, 1.807) is 19.3 Å². The van der Waals surface area contributed by atoms with Crippen molar-refractivity contribution < 1.29 is 13.2 Å². The number of aromatic nitrogens is 2. The molecular weight excluding hydrogens is 494 g/mol. The van der Waals surface area contributed by atoms with Gasteiger partial charge in [0, 0.05) is 13.6 Å². The topological polar surface area (TPSA) is 65.1 Å². The van der Waals surface area contributed by atoms with Crippen molar-refractivity contribution in [1.29, 1.82) is 0 Å². The second-order valence-electron chi connectivity index (χ2n) is 6.09. The van der Waals surface area contributed by atoms with Crippen molar-refractivity contribution in [3.8, 4) is 11.3 Å². The summed E-state index contributed by atoms with van der Waals surface area (Å²) in [5.74, 6) is 1.19. The van der Waals surface area contributed by atoms with E-state index in [1.165, 1.54) is 6.07 Å². The van der Waals surface area contributed by atoms with Crippen LogP contribution in [0, 0.1) is 0 Å². The Kier molecular flexibility index (Phi) is 8.06. The van der Waals surface area contributed by atoms with Crippen LogP contribution in [-0.4, -0.2) is 23.0 Å². The summed E-state index contributed by atoms with van der Waals surface area (Å²) >= 11 is 0. The molecule has 3 N–H and O–H groups in total. The van der Waals surface area contributed by atoms with Crippen LogP contribution in [0.3, 0.4) is 0 Å². The van der Waals surface area contributed by atoms with Crippen molar-refractivity contribution in [1.82, 2.24) is 20.6 Å². The van der Waals surface area contributed by atoms with Gasteiger partial charge in [-0.25, -0.2) is 4.98 Å². The number of rotatable bonds is 5. The van der Waals surface area contributed by atoms with Crippen LogP contribution in [0.25, 0.3) is 11.3 Å². The highest BCUT2D eigenvalue weighted by Crippen LogP contribution is 2.29. The molecule has 1 aromatic heterocycles. The van der Waals surface area contributed by atoms with Crippen molar-refractivity contribution >= 4 is 29.9 Å². The van der Waals surface area contributed by atoms with Gasteiger partial charge in [-0.2, -0.15) is 13.2 Å². The van der Waals surface area contributed by atoms with Gasteiger partial charge in [0.2, 0.25) is 0 Å². The summed E-state index contributed by atoms with van der Waals surface area (Å²) in [6, 6.07) is 15.0. The molecule has 5 nitrogen and oxygen atoms in total. The fraction of sp³-hybridized carbons (Fsp3) is 0.200. The molecule has 0 aliphatic heterocycles. The predicted molar refractivity (Wildman–Crippen MR) is 118 cm³/mol. The first-order chi connectivity index (χ1) is 13.5. The lowest BCUT2D eigenvalue weighted by Crippen LogP contribution is -2.36. The Bertz CT molecular complexity index is 939. The molecule has 154 valence electrons. The Labute approximate surface area is 183 Å². The van der Waals surface area contributed by atoms with Gasteiger partial charge in [0.1, 0.15) is 5.82 Å². The van der Waals surface area contributed by atoms with Crippen LogP contribution < -0.4 is 10.6 Å². The normalized spacial score (nSPS) is 11.7. The van der Waals surface area contributed by atoms with Crippen LogP contribution >= 0.6 is 24.0 Å². The maximum absolute atomic E-state index is 12.8. The van der Waals surface area contributed by atoms with E-state index in [-0.39, 0.29) is 30.5 Å². The molecule has 0 aliphatic carbocycles. The number of guanidine groups is 1. The minimum absolute atomic E-state index is 0. The Hall–Kier alpha value is -2.56. The summed E-state index contributed by atoms with van der Waals surface area (Å²) in [5, 5.41) is 6.09. The molecule has 0 atom stereocenters. The van der Waals surface area contributed by atoms with Crippen molar-refractivity contribution in [3.05, 3.63) is 77.7 Å². The molecule has 0 bridgehead atoms. The van der Waals surface area contributed by atoms with Gasteiger partial charge in [-0.3, -0.25) is 4.99 Å². The maximum atomic E-state index is 12.8. The van der Waals surface area contributed by atoms with Gasteiger partial charge in [-0.05, 0) is 23.3 Å². The third-order valence-electron chi connectivity index (χ3n) is 4.07. The van der Waals surface area contributed by atoms with E-state index in [1.807, 2.05) is 30.3 Å². The Morgan fingerprint density at radius 1 is 1.03 bits per heavy atom. The molecule has 3 aromatic rings. The number of nitrogens with zero attached hydrogens (tertiary/aromatic N) is 2. The monoisotopic (exact) mass is 515 g/mol. The van der Waals surface area contributed by atoms with E-state index >= 15 is 0 Å². The number of H-pyrrole nitrogens is 1. The minimum Gasteiger partial charge on any atom is -0.352 e. The first-order valence-corrected chi connectivity index (χ1v) is 8.65. The quantitative estimate of drug-likeness (QED) is 0.265. The van der Waals surface area contributed by atoms with Crippen LogP contribution in [0.2, 0.25) is 0 Å². The first-order valence-electron chi connectivity index (χ1n) is 8.65. The SMILES string of the molecule is CN=C(NCc1cccc(C(F)(F)F)c1)NCc1ncc(-c2ccccc2)[nH]1.I. The smallest absolute Gasteiger partial charge is 0.352 e. The molecule has 2 aromatic carbocycles. The fourth-order valence-corrected chi connectivity index (χ4v) is 2.65. The van der Waals surface area contributed by atoms with Crippen LogP contribution in [-0.2, 0) is 19.3 Å². The molecular formula is C20H21F3IN5. The molecule has 29 heavy (non-hydrogen) atoms. The zero-order valence-electron chi connectivity index (χ0n) is 15.6. The number of alkyl halides is 3. The highest BCUT2D eigenvalue weighted by atomic mass is 127. The lowest BCUT2D eigenvalue weighted by Gasteiger charge is -2.12. The van der Waals surface area contributed by atoms with E-state index in [9.17, 15) is 13.2 Å². The molecule has 0 radical (unpaired) electrons. The fourth-order valence-electron chi connectivity index (χ4n) is 2.65. The first kappa shape index (κ1) is 22.7. The molecule has 0 aliphatic rings. The number of halogens is 4. The molecule has 0 saturated heterocycles. The Morgan fingerprint density at radius 3 is 2.45 bits per heavy atom. The number of aromatic amines is 1. The Balaban J connectivity index is 0.00000300. The van der Waals surface area contributed by atoms with Crippen LogP contribution in [0.4, 0.5) is 13.2 Å². The van der Waals surface area contributed by atoms with Crippen LogP contribution in [0.1, 0.15) is 17.0 Å². The molecule has 0 amide bonds. The zero-order valence-corrected chi connectivity index (χ0v) is 18.0. The molecule has 1 heterocycles. The van der Waals surface area contributed by atoms with Gasteiger partial charge < -0.3 is 15.6 Å². The van der Waals surface area contributed by atoms with E-state index in [0.717, 1.165) is 29.2 Å². The molecule has 0 spiro atoms. The lowest BCUT2D eigenvalue weighted by molar-refractivity contribution is -0.137. The third-order valence-corrected chi connectivity index (χ3v) is 4.07. The third kappa shape index (κ3) is 6.48. The van der Waals surface area contributed by atoms with E-state index in [0.29, 0.717) is 18.1 Å². The van der Waals surface area contributed by atoms with E-state index < -0.39 is 11.7 Å². The summed E-state index contributed by atoms with van der Waals surface area (Å²) in [6.07, 6.45) is -2.60. The van der Waals surface area contributed by atoms with Crippen molar-refractivity contribution in [2.45, 2.75) is 19.3 Å². The number of aliphatic imine (C=N–C) groups is 1. The minimum atomic E-state index is -4.36. The number of imidazole rings is 1. The highest BCUT2D eigenvalue weighted by Gasteiger charge is 2.30. The van der Waals surface area contributed by atoms with Crippen molar-refractivity contribution in [2.75, 3.05) is 7.05 Å². The molecule has 0 unspecified atom stereocenters. The average Bonchev–Trinajstić information content (AvgIpc) is 3.17. The maximum Gasteiger partial charge on any atom is 0.416 e. The molecule has 0 fully saturated rings. The van der Waals surface area contributed by atoms with Crippen molar-refractivity contribution in [2.24, 2.45) is 4.99 Å². The van der Waals surface area contributed by atoms with Gasteiger partial charge >= 0.3 is 6.18 Å². The average molecular weight is 515 g/mol. The molecule has 0 saturated carbocycles. The van der Waals surface area contributed by atoms with Gasteiger partial charge in [0.25, 0.3) is 0 Å². The lowest BCUT2D eigenvalue weighted by atomic mass is 10.1. The molecule has 9 heteroatoms. The Morgan fingerprint density at radius 2 is 1.76 bits per heavy atom. The highest BCUT2D eigenvalue weighted by molar-refractivity contribution is 14.0. The second-order valence-corrected chi connectivity index (χ2v) is 6.09. The van der Waals surface area contributed by atoms with Crippen LogP contribution in [0.5, 0.6) is 0 Å². The standard InChI is InChI=1S/C20H20F3N5.HI/c1-24-19(26-11-14-6-5-9-16(10-14)20(21,22)23)27-13-18-25-12-17(28-18)15-7-3-2-4-8-15;/h2-10,12H,11,13H2,1H3,(H,25,28)(H2,24,26,27);1H. The van der Waals surface area contributed by atoms with Gasteiger partial charge in [-0.15, -0.1) is 24.0 Å². The van der Waals surface area contributed by atoms with E-state index in [2.05, 4.69) is 25.6 Å². The summed E-state index contributed by atoms with van der Waals surface area (Å²) in [5.41, 5.74) is 1.79. The van der Waals surface area contributed by atoms with Gasteiger partial charge in [0.15, 0.2) is 5.96 Å². The summed E-state index contributed by atoms with van der Waals surface area (Å²) < 4.78 is 38.4. The largest absolute Gasteiger partial charge is 0.416 e. The number of nitrogens with one attached hydrogen (secondary N) is 3. The zero-order chi connectivity index (χ0) is 20.0. The number of benzene rings is 2. The van der Waals surface area contributed by atoms with Gasteiger partial charge in [-0.1, -0.05) is 42.5 Å². The predicted octanol–water partition coefficient (Wildman–Crippen LogP) is 4.58. The number of hydrogen-bond donors (Lipinski definition) is 3. The van der Waals surface area contributed by atoms with Crippen LogP contribution in [0.15, 0.2) is 65.8 Å². The number of hydrogen-bond acceptors (Lipinski definition) is 2. The summed E-state index contributed by atoms with van der Waals surface area (Å²) in [6.45, 7) is 0.617. The molecule has 3 rings (SSSR count). The van der Waals surface area contributed by atoms with Gasteiger partial charge in [0.05, 0.1) is 24.0 Å². The second kappa shape index (κ2) is 10.3. The van der Waals surface area contributed by atoms with E-state index in [4.69, 9.17) is 0 Å². The summed E-state index contributed by atoms with van der Waals surface area (Å²) in [7, 11) is 1.60. The van der Waals surface area contributed by atoms with Crippen molar-refractivity contribution in [3.63, 3.8) is 0 Å². The summed E-state index contributed by atoms with van der Waals surface area (Å²) in [4.78, 5) is 11.6.